The average Bonchev–Trinajstić information content (AvgIpc) is 3.14. The average molecular weight is 461 g/mol. The maximum absolute atomic E-state index is 12.4. The van der Waals surface area contributed by atoms with Gasteiger partial charge in [0.15, 0.2) is 0 Å². The lowest BCUT2D eigenvalue weighted by Gasteiger charge is -2.22. The molecule has 3 aromatic rings. The van der Waals surface area contributed by atoms with Gasteiger partial charge in [0.1, 0.15) is 5.60 Å². The van der Waals surface area contributed by atoms with Crippen molar-refractivity contribution in [1.29, 1.82) is 0 Å². The highest BCUT2D eigenvalue weighted by Crippen LogP contribution is 2.23. The van der Waals surface area contributed by atoms with Gasteiger partial charge in [-0.15, -0.1) is 0 Å². The number of nitrogens with zero attached hydrogens (tertiary/aromatic N) is 1. The molecule has 0 saturated carbocycles. The fourth-order valence-electron chi connectivity index (χ4n) is 3.63. The molecule has 1 N–H and O–H groups in total. The minimum absolute atomic E-state index is 0.451. The van der Waals surface area contributed by atoms with Gasteiger partial charge in [0, 0.05) is 29.7 Å². The van der Waals surface area contributed by atoms with Gasteiger partial charge in [-0.1, -0.05) is 66.8 Å². The van der Waals surface area contributed by atoms with E-state index < -0.39 is 23.7 Å². The summed E-state index contributed by atoms with van der Waals surface area (Å²) in [6, 6.07) is 17.9. The SMILES string of the molecule is COC(=O)/C=C/C(Cc1cn(C/C=C/c2ccccc2)c2ccccc12)NC(=O)OC(C)(C)C. The predicted molar refractivity (Wildman–Crippen MR) is 135 cm³/mol. The number of benzene rings is 2. The molecule has 0 spiro atoms. The summed E-state index contributed by atoms with van der Waals surface area (Å²) in [5, 5.41) is 3.96. The van der Waals surface area contributed by atoms with Crippen molar-refractivity contribution in [3.8, 4) is 0 Å². The first-order valence-electron chi connectivity index (χ1n) is 11.3. The molecule has 34 heavy (non-hydrogen) atoms. The molecule has 6 heteroatoms. The van der Waals surface area contributed by atoms with Crippen LogP contribution in [-0.2, 0) is 27.2 Å². The number of esters is 1. The molecule has 0 aliphatic heterocycles. The van der Waals surface area contributed by atoms with Crippen LogP contribution in [-0.4, -0.2) is 35.4 Å². The molecule has 1 unspecified atom stereocenters. The van der Waals surface area contributed by atoms with Crippen LogP contribution in [0.2, 0.25) is 0 Å². The third kappa shape index (κ3) is 7.37. The summed E-state index contributed by atoms with van der Waals surface area (Å²) in [5.41, 5.74) is 2.68. The second-order valence-electron chi connectivity index (χ2n) is 8.98. The minimum atomic E-state index is -0.623. The Hall–Kier alpha value is -3.80. The van der Waals surface area contributed by atoms with E-state index in [0.717, 1.165) is 22.0 Å². The molecule has 0 saturated heterocycles. The Bertz CT molecular complexity index is 1170. The molecule has 3 rings (SSSR count). The zero-order valence-electron chi connectivity index (χ0n) is 20.2. The van der Waals surface area contributed by atoms with Crippen LogP contribution >= 0.6 is 0 Å². The molecule has 1 atom stereocenters. The van der Waals surface area contributed by atoms with E-state index in [0.29, 0.717) is 13.0 Å². The molecule has 178 valence electrons. The number of carbonyl (C=O) groups excluding carboxylic acids is 2. The standard InChI is InChI=1S/C28H32N2O4/c1-28(2,3)34-27(32)29-23(16-17-26(31)33-4)19-22-20-30(25-15-9-8-14-24(22)25)18-10-13-21-11-6-5-7-12-21/h5-17,20,23H,18-19H2,1-4H3,(H,29,32)/b13-10+,17-16+. The number of alkyl carbamates (subject to hydrolysis) is 1. The van der Waals surface area contributed by atoms with Gasteiger partial charge < -0.3 is 19.4 Å². The van der Waals surface area contributed by atoms with Crippen LogP contribution in [0, 0.1) is 0 Å². The van der Waals surface area contributed by atoms with Crippen LogP contribution in [0.1, 0.15) is 31.9 Å². The Morgan fingerprint density at radius 2 is 1.76 bits per heavy atom. The monoisotopic (exact) mass is 460 g/mol. The molecule has 1 aromatic heterocycles. The fraction of sp³-hybridized carbons (Fsp3) is 0.286. The highest BCUT2D eigenvalue weighted by atomic mass is 16.6. The highest BCUT2D eigenvalue weighted by Gasteiger charge is 2.20. The van der Waals surface area contributed by atoms with Crippen LogP contribution < -0.4 is 5.32 Å². The maximum Gasteiger partial charge on any atom is 0.408 e. The number of amides is 1. The van der Waals surface area contributed by atoms with E-state index in [4.69, 9.17) is 9.47 Å². The summed E-state index contributed by atoms with van der Waals surface area (Å²) in [6.45, 7) is 6.13. The number of ether oxygens (including phenoxy) is 2. The summed E-state index contributed by atoms with van der Waals surface area (Å²) in [5.74, 6) is -0.482. The Balaban J connectivity index is 1.84. The van der Waals surface area contributed by atoms with Gasteiger partial charge in [-0.3, -0.25) is 0 Å². The van der Waals surface area contributed by atoms with Crippen molar-refractivity contribution in [1.82, 2.24) is 9.88 Å². The lowest BCUT2D eigenvalue weighted by atomic mass is 10.0. The zero-order chi connectivity index (χ0) is 24.6. The predicted octanol–water partition coefficient (Wildman–Crippen LogP) is 5.52. The van der Waals surface area contributed by atoms with E-state index in [2.05, 4.69) is 52.5 Å². The zero-order valence-corrected chi connectivity index (χ0v) is 20.2. The van der Waals surface area contributed by atoms with Gasteiger partial charge >= 0.3 is 12.1 Å². The van der Waals surface area contributed by atoms with E-state index in [-0.39, 0.29) is 0 Å². The van der Waals surface area contributed by atoms with Crippen LogP contribution in [0.3, 0.4) is 0 Å². The topological polar surface area (TPSA) is 69.6 Å². The van der Waals surface area contributed by atoms with E-state index in [1.54, 1.807) is 6.08 Å². The normalized spacial score (nSPS) is 12.8. The number of aromatic nitrogens is 1. The van der Waals surface area contributed by atoms with Crippen molar-refractivity contribution in [2.24, 2.45) is 0 Å². The Morgan fingerprint density at radius 3 is 2.47 bits per heavy atom. The second-order valence-corrected chi connectivity index (χ2v) is 8.98. The van der Waals surface area contributed by atoms with Crippen LogP contribution in [0.5, 0.6) is 0 Å². The Morgan fingerprint density at radius 1 is 1.06 bits per heavy atom. The number of methoxy groups -OCH3 is 1. The van der Waals surface area contributed by atoms with Crippen molar-refractivity contribution in [3.05, 3.63) is 90.1 Å². The minimum Gasteiger partial charge on any atom is -0.466 e. The van der Waals surface area contributed by atoms with E-state index in [1.807, 2.05) is 51.1 Å². The maximum atomic E-state index is 12.4. The lowest BCUT2D eigenvalue weighted by Crippen LogP contribution is -2.39. The van der Waals surface area contributed by atoms with Crippen LogP contribution in [0.15, 0.2) is 79.0 Å². The van der Waals surface area contributed by atoms with Crippen LogP contribution in [0.4, 0.5) is 4.79 Å². The molecule has 0 fully saturated rings. The molecule has 1 heterocycles. The quantitative estimate of drug-likeness (QED) is 0.355. The number of rotatable bonds is 8. The molecule has 2 aromatic carbocycles. The van der Waals surface area contributed by atoms with Gasteiger partial charge in [-0.25, -0.2) is 9.59 Å². The summed E-state index contributed by atoms with van der Waals surface area (Å²) < 4.78 is 12.3. The fourth-order valence-corrected chi connectivity index (χ4v) is 3.63. The molecular weight excluding hydrogens is 428 g/mol. The molecule has 1 amide bonds. The first-order chi connectivity index (χ1) is 16.2. The summed E-state index contributed by atoms with van der Waals surface area (Å²) in [6.07, 6.45) is 9.22. The van der Waals surface area contributed by atoms with E-state index >= 15 is 0 Å². The van der Waals surface area contributed by atoms with Crippen molar-refractivity contribution in [3.63, 3.8) is 0 Å². The first-order valence-corrected chi connectivity index (χ1v) is 11.3. The van der Waals surface area contributed by atoms with Crippen molar-refractivity contribution >= 4 is 29.0 Å². The third-order valence-electron chi connectivity index (χ3n) is 5.09. The number of hydrogen-bond acceptors (Lipinski definition) is 4. The van der Waals surface area contributed by atoms with Gasteiger partial charge in [0.05, 0.1) is 13.2 Å². The molecule has 6 nitrogen and oxygen atoms in total. The number of fused-ring (bicyclic) bond motifs is 1. The molecule has 0 bridgehead atoms. The number of hydrogen-bond donors (Lipinski definition) is 1. The van der Waals surface area contributed by atoms with Crippen molar-refractivity contribution in [2.75, 3.05) is 7.11 Å². The van der Waals surface area contributed by atoms with E-state index in [9.17, 15) is 9.59 Å². The molecule has 0 aliphatic rings. The van der Waals surface area contributed by atoms with Crippen LogP contribution in [0.25, 0.3) is 17.0 Å². The van der Waals surface area contributed by atoms with Gasteiger partial charge in [0.25, 0.3) is 0 Å². The molecule has 0 aliphatic carbocycles. The largest absolute Gasteiger partial charge is 0.466 e. The number of carbonyl (C=O) groups is 2. The first kappa shape index (κ1) is 24.8. The molecular formula is C28H32N2O4. The number of nitrogens with one attached hydrogen (secondary N) is 1. The summed E-state index contributed by atoms with van der Waals surface area (Å²) >= 11 is 0. The number of allylic oxidation sites excluding steroid dienone is 1. The number of para-hydroxylation sites is 1. The van der Waals surface area contributed by atoms with Crippen molar-refractivity contribution < 1.29 is 19.1 Å². The summed E-state index contributed by atoms with van der Waals surface area (Å²) in [7, 11) is 1.32. The lowest BCUT2D eigenvalue weighted by molar-refractivity contribution is -0.134. The second kappa shape index (κ2) is 11.4. The van der Waals surface area contributed by atoms with Gasteiger partial charge in [-0.05, 0) is 44.4 Å². The van der Waals surface area contributed by atoms with Gasteiger partial charge in [-0.2, -0.15) is 0 Å². The Kier molecular flexibility index (Phi) is 8.30. The molecule has 0 radical (unpaired) electrons. The smallest absolute Gasteiger partial charge is 0.408 e. The van der Waals surface area contributed by atoms with Crippen molar-refractivity contribution in [2.45, 2.75) is 45.4 Å². The highest BCUT2D eigenvalue weighted by molar-refractivity contribution is 5.84. The summed E-state index contributed by atoms with van der Waals surface area (Å²) in [4.78, 5) is 24.1. The third-order valence-corrected chi connectivity index (χ3v) is 5.09. The van der Waals surface area contributed by atoms with Gasteiger partial charge in [0.2, 0.25) is 0 Å². The Labute approximate surface area is 200 Å². The van der Waals surface area contributed by atoms with E-state index in [1.165, 1.54) is 13.2 Å².